The number of hydrogen-bond acceptors (Lipinski definition) is 6. The highest BCUT2D eigenvalue weighted by atomic mass is 79.9. The van der Waals surface area contributed by atoms with E-state index < -0.39 is 0 Å². The Morgan fingerprint density at radius 2 is 0.877 bits per heavy atom. The molecule has 0 unspecified atom stereocenters. The molecule has 4 heterocycles. The van der Waals surface area contributed by atoms with Gasteiger partial charge in [-0.25, -0.2) is 0 Å². The minimum atomic E-state index is -0.167. The molecule has 0 amide bonds. The van der Waals surface area contributed by atoms with Crippen molar-refractivity contribution in [2.75, 3.05) is 26.2 Å². The van der Waals surface area contributed by atoms with Crippen LogP contribution in [0.4, 0.5) is 0 Å². The highest BCUT2D eigenvalue weighted by Gasteiger charge is 2.35. The molecule has 2 fully saturated rings. The molecule has 2 aliphatic rings. The second-order valence-electron chi connectivity index (χ2n) is 14.6. The highest BCUT2D eigenvalue weighted by molar-refractivity contribution is 9.08. The third-order valence-corrected chi connectivity index (χ3v) is 13.7. The van der Waals surface area contributed by atoms with Gasteiger partial charge in [0.15, 0.2) is 0 Å². The summed E-state index contributed by atoms with van der Waals surface area (Å²) in [4.78, 5) is 7.53. The Kier molecular flexibility index (Phi) is 13.4. The van der Waals surface area contributed by atoms with E-state index in [4.69, 9.17) is 4.74 Å². The standard InChI is InChI=1S/C25H23NOS.C16H17NO.C9H7BrS/c1-3-9-19(10-4-1)25(20-11-5-2-6-12-20)26-16-22(17-26)27-18-23-15-21-13-7-8-14-24(21)28-23;18-15-11-17(12-15)16(13-7-3-1-4-8-13)14-9-5-2-6-10-14;10-6-8-5-7-3-1-2-4-9(7)11-8/h1-15,22,25H,16-18H2;1-10,15-16,18H,11-12H2;1-5H,6H2. The number of β-amino-alcohol motifs (C(OH)–C–C–N with tert-alkyl or cyclic N) is 1. The molecule has 10 rings (SSSR count). The second kappa shape index (κ2) is 19.3. The Balaban J connectivity index is 0.000000133. The van der Waals surface area contributed by atoms with Gasteiger partial charge in [0.25, 0.3) is 0 Å². The zero-order valence-electron chi connectivity index (χ0n) is 31.8. The maximum atomic E-state index is 9.52. The Bertz CT molecular complexity index is 2270. The number of nitrogens with zero attached hydrogens (tertiary/aromatic N) is 2. The lowest BCUT2D eigenvalue weighted by Gasteiger charge is -2.44. The van der Waals surface area contributed by atoms with E-state index in [1.807, 2.05) is 34.8 Å². The summed E-state index contributed by atoms with van der Waals surface area (Å²) in [5.74, 6) is 0. The number of ether oxygens (including phenoxy) is 1. The molecular weight excluding hydrogens is 805 g/mol. The molecule has 2 saturated heterocycles. The lowest BCUT2D eigenvalue weighted by Crippen LogP contribution is -2.53. The normalized spacial score (nSPS) is 14.8. The van der Waals surface area contributed by atoms with Crippen molar-refractivity contribution in [1.82, 2.24) is 9.80 Å². The van der Waals surface area contributed by atoms with E-state index in [-0.39, 0.29) is 12.1 Å². The van der Waals surface area contributed by atoms with Gasteiger partial charge in [-0.15, -0.1) is 22.7 Å². The summed E-state index contributed by atoms with van der Waals surface area (Å²) < 4.78 is 8.93. The largest absolute Gasteiger partial charge is 0.390 e. The molecule has 6 aromatic carbocycles. The zero-order chi connectivity index (χ0) is 38.8. The van der Waals surface area contributed by atoms with Gasteiger partial charge in [0.05, 0.1) is 30.9 Å². The van der Waals surface area contributed by atoms with Crippen LogP contribution in [-0.2, 0) is 16.7 Å². The van der Waals surface area contributed by atoms with E-state index in [0.717, 1.165) is 31.5 Å². The Morgan fingerprint density at radius 1 is 0.509 bits per heavy atom. The van der Waals surface area contributed by atoms with Crippen molar-refractivity contribution in [3.63, 3.8) is 0 Å². The van der Waals surface area contributed by atoms with Crippen molar-refractivity contribution in [3.8, 4) is 0 Å². The number of likely N-dealkylation sites (tertiary alicyclic amines) is 2. The van der Waals surface area contributed by atoms with Crippen LogP contribution in [0.5, 0.6) is 0 Å². The average molecular weight is 852 g/mol. The first-order valence-electron chi connectivity index (χ1n) is 19.6. The number of hydrogen-bond donors (Lipinski definition) is 1. The van der Waals surface area contributed by atoms with Gasteiger partial charge in [-0.3, -0.25) is 9.80 Å². The summed E-state index contributed by atoms with van der Waals surface area (Å²) in [7, 11) is 0. The van der Waals surface area contributed by atoms with E-state index >= 15 is 0 Å². The molecule has 8 aromatic rings. The van der Waals surface area contributed by atoms with Crippen molar-refractivity contribution < 1.29 is 9.84 Å². The van der Waals surface area contributed by atoms with Gasteiger partial charge in [-0.1, -0.05) is 174 Å². The first-order chi connectivity index (χ1) is 28.1. The van der Waals surface area contributed by atoms with Crippen molar-refractivity contribution in [2.45, 2.75) is 36.2 Å². The molecule has 7 heteroatoms. The predicted octanol–water partition coefficient (Wildman–Crippen LogP) is 12.1. The molecule has 0 spiro atoms. The number of rotatable bonds is 10. The van der Waals surface area contributed by atoms with Crippen LogP contribution in [0.2, 0.25) is 0 Å². The predicted molar refractivity (Wildman–Crippen MR) is 243 cm³/mol. The number of halogens is 1. The molecule has 2 aromatic heterocycles. The summed E-state index contributed by atoms with van der Waals surface area (Å²) in [5, 5.41) is 13.2. The van der Waals surface area contributed by atoms with Crippen molar-refractivity contribution >= 4 is 58.8 Å². The Hall–Kier alpha value is -4.44. The monoisotopic (exact) mass is 850 g/mol. The van der Waals surface area contributed by atoms with Crippen molar-refractivity contribution in [1.29, 1.82) is 0 Å². The minimum absolute atomic E-state index is 0.167. The fraction of sp³-hybridized carbons (Fsp3) is 0.200. The van der Waals surface area contributed by atoms with Gasteiger partial charge in [-0.2, -0.15) is 0 Å². The van der Waals surface area contributed by atoms with Crippen LogP contribution < -0.4 is 0 Å². The van der Waals surface area contributed by atoms with Crippen LogP contribution in [0.1, 0.15) is 44.1 Å². The molecule has 0 bridgehead atoms. The molecular formula is C50H47BrN2O2S2. The molecule has 0 radical (unpaired) electrons. The minimum Gasteiger partial charge on any atom is -0.390 e. The van der Waals surface area contributed by atoms with E-state index in [1.54, 1.807) is 0 Å². The quantitative estimate of drug-likeness (QED) is 0.139. The summed E-state index contributed by atoms with van der Waals surface area (Å²) in [6.45, 7) is 4.17. The zero-order valence-corrected chi connectivity index (χ0v) is 35.0. The lowest BCUT2D eigenvalue weighted by molar-refractivity contribution is -0.0733. The van der Waals surface area contributed by atoms with Gasteiger partial charge in [-0.05, 0) is 57.3 Å². The number of aliphatic hydroxyl groups excluding tert-OH is 1. The maximum Gasteiger partial charge on any atom is 0.0834 e. The van der Waals surface area contributed by atoms with Crippen molar-refractivity contribution in [2.24, 2.45) is 0 Å². The third kappa shape index (κ3) is 10.00. The second-order valence-corrected chi connectivity index (χ2v) is 17.5. The summed E-state index contributed by atoms with van der Waals surface area (Å²) in [6, 6.07) is 64.6. The summed E-state index contributed by atoms with van der Waals surface area (Å²) in [6.07, 6.45) is 0.139. The molecule has 57 heavy (non-hydrogen) atoms. The molecule has 0 atom stereocenters. The van der Waals surface area contributed by atoms with Gasteiger partial charge < -0.3 is 9.84 Å². The van der Waals surface area contributed by atoms with Gasteiger partial charge in [0.2, 0.25) is 0 Å². The number of fused-ring (bicyclic) bond motifs is 2. The average Bonchev–Trinajstić information content (AvgIpc) is 3.87. The topological polar surface area (TPSA) is 35.9 Å². The Labute approximate surface area is 352 Å². The van der Waals surface area contributed by atoms with E-state index in [0.29, 0.717) is 18.8 Å². The van der Waals surface area contributed by atoms with Crippen LogP contribution in [0, 0.1) is 0 Å². The molecule has 1 N–H and O–H groups in total. The molecule has 288 valence electrons. The van der Waals surface area contributed by atoms with Gasteiger partial charge in [0, 0.05) is 50.7 Å². The maximum absolute atomic E-state index is 9.52. The summed E-state index contributed by atoms with van der Waals surface area (Å²) in [5.41, 5.74) is 5.26. The molecule has 0 saturated carbocycles. The SMILES string of the molecule is BrCc1cc2ccccc2s1.OC1CN(C(c2ccccc2)c2ccccc2)C1.c1ccc(C(c2ccccc2)N2CC(OCc3cc4ccccc4s3)C2)cc1. The van der Waals surface area contributed by atoms with E-state index in [1.165, 1.54) is 52.2 Å². The fourth-order valence-electron chi connectivity index (χ4n) is 7.66. The van der Waals surface area contributed by atoms with Gasteiger partial charge in [0.1, 0.15) is 0 Å². The molecule has 2 aliphatic heterocycles. The molecule has 4 nitrogen and oxygen atoms in total. The highest BCUT2D eigenvalue weighted by Crippen LogP contribution is 2.35. The number of alkyl halides is 1. The van der Waals surface area contributed by atoms with Crippen LogP contribution in [0.3, 0.4) is 0 Å². The van der Waals surface area contributed by atoms with Crippen LogP contribution in [-0.4, -0.2) is 53.3 Å². The fourth-order valence-corrected chi connectivity index (χ4v) is 10.1. The van der Waals surface area contributed by atoms with Crippen LogP contribution in [0.25, 0.3) is 20.2 Å². The van der Waals surface area contributed by atoms with Crippen LogP contribution in [0.15, 0.2) is 182 Å². The number of aliphatic hydroxyl groups is 1. The smallest absolute Gasteiger partial charge is 0.0834 e. The lowest BCUT2D eigenvalue weighted by atomic mass is 9.94. The number of benzene rings is 6. The summed E-state index contributed by atoms with van der Waals surface area (Å²) >= 11 is 7.13. The first-order valence-corrected chi connectivity index (χ1v) is 22.3. The Morgan fingerprint density at radius 3 is 1.28 bits per heavy atom. The first kappa shape index (κ1) is 39.4. The van der Waals surface area contributed by atoms with Crippen LogP contribution >= 0.6 is 38.6 Å². The third-order valence-electron chi connectivity index (χ3n) is 10.5. The number of thiophene rings is 2. The van der Waals surface area contributed by atoms with Crippen molar-refractivity contribution in [3.05, 3.63) is 214 Å². The van der Waals surface area contributed by atoms with E-state index in [9.17, 15) is 5.11 Å². The molecule has 0 aliphatic carbocycles. The van der Waals surface area contributed by atoms with Gasteiger partial charge >= 0.3 is 0 Å². The van der Waals surface area contributed by atoms with E-state index in [2.05, 4.69) is 196 Å².